The molecule has 0 fully saturated rings. The van der Waals surface area contributed by atoms with Gasteiger partial charge in [0.2, 0.25) is 0 Å². The van der Waals surface area contributed by atoms with Gasteiger partial charge in [0.25, 0.3) is 0 Å². The minimum Gasteiger partial charge on any atom is -0.459 e. The number of carbonyl (C=O) groups is 2. The Morgan fingerprint density at radius 1 is 1.04 bits per heavy atom. The molecule has 1 N–H and O–H groups in total. The second-order valence-corrected chi connectivity index (χ2v) is 8.04. The Bertz CT molecular complexity index is 345. The zero-order valence-electron chi connectivity index (χ0n) is 16.0. The van der Waals surface area contributed by atoms with Crippen LogP contribution in [0.25, 0.3) is 0 Å². The minimum atomic E-state index is -0.493. The molecule has 1 atom stereocenters. The molecule has 0 aromatic rings. The van der Waals surface area contributed by atoms with Gasteiger partial charge in [0.05, 0.1) is 0 Å². The van der Waals surface area contributed by atoms with Crippen LogP contribution in [0.1, 0.15) is 92.9 Å². The Morgan fingerprint density at radius 2 is 1.61 bits per heavy atom. The summed E-state index contributed by atoms with van der Waals surface area (Å²) in [6.45, 7) is 11.7. The van der Waals surface area contributed by atoms with Crippen LogP contribution in [-0.4, -0.2) is 29.4 Å². The second-order valence-electron chi connectivity index (χ2n) is 8.04. The van der Waals surface area contributed by atoms with E-state index in [1.807, 2.05) is 34.6 Å². The topological polar surface area (TPSA) is 55.4 Å². The molecule has 0 aliphatic heterocycles. The van der Waals surface area contributed by atoms with Crippen LogP contribution in [-0.2, 0) is 14.3 Å². The first kappa shape index (κ1) is 22.1. The molecule has 23 heavy (non-hydrogen) atoms. The normalized spacial score (nSPS) is 13.7. The van der Waals surface area contributed by atoms with E-state index in [0.717, 1.165) is 25.5 Å². The Labute approximate surface area is 142 Å². The molecule has 0 radical (unpaired) electrons. The van der Waals surface area contributed by atoms with Crippen molar-refractivity contribution in [1.29, 1.82) is 0 Å². The fourth-order valence-corrected chi connectivity index (χ4v) is 2.49. The maximum atomic E-state index is 12.4. The molecule has 4 heteroatoms. The third kappa shape index (κ3) is 12.2. The van der Waals surface area contributed by atoms with Crippen molar-refractivity contribution >= 4 is 12.3 Å². The lowest BCUT2D eigenvalue weighted by atomic mass is 9.97. The second kappa shape index (κ2) is 10.8. The summed E-state index contributed by atoms with van der Waals surface area (Å²) in [4.78, 5) is 23.2. The van der Waals surface area contributed by atoms with E-state index >= 15 is 0 Å². The van der Waals surface area contributed by atoms with Crippen molar-refractivity contribution in [2.75, 3.05) is 0 Å². The predicted octanol–water partition coefficient (Wildman–Crippen LogP) is 4.40. The summed E-state index contributed by atoms with van der Waals surface area (Å²) in [5.74, 6) is -0.218. The van der Waals surface area contributed by atoms with Crippen molar-refractivity contribution in [3.8, 4) is 0 Å². The number of esters is 1. The number of carbonyl (C=O) groups excluding carboxylic acids is 2. The van der Waals surface area contributed by atoms with Crippen molar-refractivity contribution < 1.29 is 14.3 Å². The quantitative estimate of drug-likeness (QED) is 0.328. The van der Waals surface area contributed by atoms with Gasteiger partial charge in [-0.1, -0.05) is 45.4 Å². The number of unbranched alkanes of at least 4 members (excludes halogenated alkanes) is 5. The van der Waals surface area contributed by atoms with Gasteiger partial charge in [-0.3, -0.25) is 10.1 Å². The van der Waals surface area contributed by atoms with Gasteiger partial charge in [-0.2, -0.15) is 0 Å². The van der Waals surface area contributed by atoms with E-state index in [-0.39, 0.29) is 12.0 Å². The van der Waals surface area contributed by atoms with Crippen LogP contribution >= 0.6 is 0 Å². The van der Waals surface area contributed by atoms with E-state index in [1.54, 1.807) is 0 Å². The van der Waals surface area contributed by atoms with Gasteiger partial charge >= 0.3 is 5.97 Å². The zero-order valence-corrected chi connectivity index (χ0v) is 16.0. The molecule has 0 bridgehead atoms. The maximum Gasteiger partial charge on any atom is 0.323 e. The summed E-state index contributed by atoms with van der Waals surface area (Å²) in [6.07, 6.45) is 9.15. The summed E-state index contributed by atoms with van der Waals surface area (Å²) < 4.78 is 5.53. The molecule has 0 heterocycles. The summed E-state index contributed by atoms with van der Waals surface area (Å²) in [5, 5.41) is 3.31. The third-order valence-corrected chi connectivity index (χ3v) is 3.70. The molecule has 4 nitrogen and oxygen atoms in total. The van der Waals surface area contributed by atoms with Crippen LogP contribution in [0.3, 0.4) is 0 Å². The summed E-state index contributed by atoms with van der Waals surface area (Å²) in [6, 6.07) is -0.352. The molecule has 0 aromatic carbocycles. The summed E-state index contributed by atoms with van der Waals surface area (Å²) >= 11 is 0. The van der Waals surface area contributed by atoms with E-state index in [0.29, 0.717) is 6.42 Å². The fraction of sp³-hybridized carbons (Fsp3) is 0.895. The van der Waals surface area contributed by atoms with Gasteiger partial charge in [0.15, 0.2) is 0 Å². The van der Waals surface area contributed by atoms with Crippen molar-refractivity contribution in [3.05, 3.63) is 0 Å². The molecule has 0 aliphatic rings. The Morgan fingerprint density at radius 3 is 2.13 bits per heavy atom. The molecule has 0 rings (SSSR count). The maximum absolute atomic E-state index is 12.4. The monoisotopic (exact) mass is 327 g/mol. The average Bonchev–Trinajstić information content (AvgIpc) is 2.39. The largest absolute Gasteiger partial charge is 0.459 e. The summed E-state index contributed by atoms with van der Waals surface area (Å²) in [7, 11) is 0. The van der Waals surface area contributed by atoms with Gasteiger partial charge < -0.3 is 9.53 Å². The highest BCUT2D eigenvalue weighted by Gasteiger charge is 2.29. The van der Waals surface area contributed by atoms with E-state index in [1.165, 1.54) is 25.7 Å². The lowest BCUT2D eigenvalue weighted by Crippen LogP contribution is -2.51. The highest BCUT2D eigenvalue weighted by atomic mass is 16.6. The molecule has 0 saturated heterocycles. The Kier molecular flexibility index (Phi) is 10.4. The first-order valence-electron chi connectivity index (χ1n) is 9.05. The predicted molar refractivity (Wildman–Crippen MR) is 95.5 cm³/mol. The zero-order chi connectivity index (χ0) is 17.9. The highest BCUT2D eigenvalue weighted by molar-refractivity contribution is 5.76. The fourth-order valence-electron chi connectivity index (χ4n) is 2.49. The molecule has 0 amide bonds. The van der Waals surface area contributed by atoms with Crippen LogP contribution < -0.4 is 5.32 Å². The van der Waals surface area contributed by atoms with Gasteiger partial charge in [-0.05, 0) is 41.0 Å². The molecule has 0 aromatic heterocycles. The van der Waals surface area contributed by atoms with Crippen LogP contribution in [0.2, 0.25) is 0 Å². The molecule has 136 valence electrons. The summed E-state index contributed by atoms with van der Waals surface area (Å²) in [5.41, 5.74) is -0.890. The number of rotatable bonds is 12. The van der Waals surface area contributed by atoms with Crippen LogP contribution in [0.4, 0.5) is 0 Å². The lowest BCUT2D eigenvalue weighted by molar-refractivity contribution is -0.158. The third-order valence-electron chi connectivity index (χ3n) is 3.70. The number of hydrogen-bond acceptors (Lipinski definition) is 4. The van der Waals surface area contributed by atoms with Crippen LogP contribution in [0, 0.1) is 0 Å². The average molecular weight is 328 g/mol. The van der Waals surface area contributed by atoms with Crippen molar-refractivity contribution in [1.82, 2.24) is 5.32 Å². The standard InChI is InChI=1S/C19H37NO3/c1-7-8-9-10-11-12-13-16(17(22)23-18(2,3)4)20-19(5,6)14-15-21/h15-16,20H,7-14H2,1-6H3. The van der Waals surface area contributed by atoms with Crippen LogP contribution in [0.5, 0.6) is 0 Å². The van der Waals surface area contributed by atoms with Crippen molar-refractivity contribution in [3.63, 3.8) is 0 Å². The molecule has 1 unspecified atom stereocenters. The number of hydrogen-bond donors (Lipinski definition) is 1. The first-order valence-corrected chi connectivity index (χ1v) is 9.05. The number of aldehydes is 1. The highest BCUT2D eigenvalue weighted by Crippen LogP contribution is 2.17. The Hall–Kier alpha value is -0.900. The Balaban J connectivity index is 4.55. The molecular weight excluding hydrogens is 290 g/mol. The van der Waals surface area contributed by atoms with Crippen LogP contribution in [0.15, 0.2) is 0 Å². The molecule has 0 aliphatic carbocycles. The van der Waals surface area contributed by atoms with Gasteiger partial charge in [-0.15, -0.1) is 0 Å². The molecule has 0 spiro atoms. The first-order chi connectivity index (χ1) is 10.6. The molecule has 0 saturated carbocycles. The smallest absolute Gasteiger partial charge is 0.323 e. The SMILES string of the molecule is CCCCCCCCC(NC(C)(C)CC=O)C(=O)OC(C)(C)C. The van der Waals surface area contributed by atoms with E-state index in [2.05, 4.69) is 12.2 Å². The molecular formula is C19H37NO3. The van der Waals surface area contributed by atoms with E-state index < -0.39 is 11.1 Å². The van der Waals surface area contributed by atoms with Gasteiger partial charge in [-0.25, -0.2) is 0 Å². The van der Waals surface area contributed by atoms with Crippen molar-refractivity contribution in [2.45, 2.75) is 110 Å². The minimum absolute atomic E-state index is 0.218. The van der Waals surface area contributed by atoms with E-state index in [4.69, 9.17) is 4.74 Å². The van der Waals surface area contributed by atoms with Gasteiger partial charge in [0, 0.05) is 12.0 Å². The van der Waals surface area contributed by atoms with E-state index in [9.17, 15) is 9.59 Å². The van der Waals surface area contributed by atoms with Crippen molar-refractivity contribution in [2.24, 2.45) is 0 Å². The van der Waals surface area contributed by atoms with Gasteiger partial charge in [0.1, 0.15) is 17.9 Å². The lowest BCUT2D eigenvalue weighted by Gasteiger charge is -2.31. The number of ether oxygens (including phenoxy) is 1. The number of nitrogens with one attached hydrogen (secondary N) is 1.